The van der Waals surface area contributed by atoms with Crippen LogP contribution in [0.1, 0.15) is 17.7 Å². The topological polar surface area (TPSA) is 93.3 Å². The summed E-state index contributed by atoms with van der Waals surface area (Å²) < 4.78 is 25.3. The lowest BCUT2D eigenvalue weighted by Crippen LogP contribution is -2.10. The van der Waals surface area contributed by atoms with E-state index in [1.54, 1.807) is 0 Å². The SMILES string of the molecule is O=C(O)Cc1ncc(I)c(C(F)F)c1[N+](=O)[O-]. The van der Waals surface area contributed by atoms with E-state index in [1.807, 2.05) is 0 Å². The van der Waals surface area contributed by atoms with Gasteiger partial charge in [-0.05, 0) is 22.6 Å². The van der Waals surface area contributed by atoms with E-state index in [2.05, 4.69) is 4.98 Å². The van der Waals surface area contributed by atoms with Gasteiger partial charge in [0.05, 0.1) is 11.3 Å². The zero-order valence-electron chi connectivity index (χ0n) is 8.06. The molecular weight excluding hydrogens is 353 g/mol. The summed E-state index contributed by atoms with van der Waals surface area (Å²) in [6, 6.07) is 0. The Hall–Kier alpha value is -1.39. The molecule has 1 heterocycles. The first-order chi connectivity index (χ1) is 7.84. The van der Waals surface area contributed by atoms with E-state index in [0.29, 0.717) is 0 Å². The van der Waals surface area contributed by atoms with Crippen LogP contribution in [0, 0.1) is 13.7 Å². The van der Waals surface area contributed by atoms with Crippen LogP contribution in [0.3, 0.4) is 0 Å². The summed E-state index contributed by atoms with van der Waals surface area (Å²) in [5.74, 6) is -1.37. The molecule has 0 radical (unpaired) electrons. The minimum Gasteiger partial charge on any atom is -0.481 e. The summed E-state index contributed by atoms with van der Waals surface area (Å²) in [6.07, 6.45) is -2.84. The Labute approximate surface area is 107 Å². The number of carboxylic acid groups (broad SMARTS) is 1. The standard InChI is InChI=1S/C8H5F2IN2O4/c9-8(10)6-3(11)2-12-4(1-5(14)15)7(6)13(16)17/h2,8H,1H2,(H,14,15). The molecule has 92 valence electrons. The van der Waals surface area contributed by atoms with Gasteiger partial charge < -0.3 is 5.11 Å². The molecule has 0 aliphatic carbocycles. The minimum absolute atomic E-state index is 0.0709. The number of hydrogen-bond acceptors (Lipinski definition) is 4. The van der Waals surface area contributed by atoms with Crippen LogP contribution in [0.5, 0.6) is 0 Å². The second-order valence-corrected chi connectivity index (χ2v) is 4.11. The van der Waals surface area contributed by atoms with E-state index < -0.39 is 40.7 Å². The lowest BCUT2D eigenvalue weighted by Gasteiger charge is -2.07. The van der Waals surface area contributed by atoms with Crippen molar-refractivity contribution in [1.82, 2.24) is 4.98 Å². The highest BCUT2D eigenvalue weighted by molar-refractivity contribution is 14.1. The normalized spacial score (nSPS) is 10.6. The van der Waals surface area contributed by atoms with Crippen molar-refractivity contribution in [2.24, 2.45) is 0 Å². The molecule has 1 aromatic rings. The van der Waals surface area contributed by atoms with Gasteiger partial charge in [0.1, 0.15) is 11.3 Å². The number of halogens is 3. The van der Waals surface area contributed by atoms with Crippen molar-refractivity contribution in [3.05, 3.63) is 31.1 Å². The van der Waals surface area contributed by atoms with Crippen LogP contribution >= 0.6 is 22.6 Å². The Balaban J connectivity index is 3.47. The quantitative estimate of drug-likeness (QED) is 0.506. The highest BCUT2D eigenvalue weighted by atomic mass is 127. The largest absolute Gasteiger partial charge is 0.481 e. The molecule has 0 atom stereocenters. The van der Waals surface area contributed by atoms with E-state index >= 15 is 0 Å². The molecule has 0 unspecified atom stereocenters. The molecule has 1 aromatic heterocycles. The molecule has 0 spiro atoms. The van der Waals surface area contributed by atoms with Crippen molar-refractivity contribution < 1.29 is 23.6 Å². The molecule has 9 heteroatoms. The monoisotopic (exact) mass is 358 g/mol. The van der Waals surface area contributed by atoms with E-state index in [4.69, 9.17) is 5.11 Å². The summed E-state index contributed by atoms with van der Waals surface area (Å²) in [5.41, 5.74) is -2.19. The van der Waals surface area contributed by atoms with Crippen LogP contribution in [-0.4, -0.2) is 21.0 Å². The van der Waals surface area contributed by atoms with E-state index in [9.17, 15) is 23.7 Å². The number of pyridine rings is 1. The van der Waals surface area contributed by atoms with E-state index in [0.717, 1.165) is 6.20 Å². The maximum absolute atomic E-state index is 12.7. The third-order valence-electron chi connectivity index (χ3n) is 1.84. The van der Waals surface area contributed by atoms with Crippen LogP contribution in [0.15, 0.2) is 6.20 Å². The van der Waals surface area contributed by atoms with Crippen LogP contribution in [0.25, 0.3) is 0 Å². The van der Waals surface area contributed by atoms with Crippen LogP contribution in [-0.2, 0) is 11.2 Å². The molecule has 0 aromatic carbocycles. The Morgan fingerprint density at radius 2 is 2.24 bits per heavy atom. The number of carbonyl (C=O) groups is 1. The van der Waals surface area contributed by atoms with Gasteiger partial charge in [-0.3, -0.25) is 19.9 Å². The fraction of sp³-hybridized carbons (Fsp3) is 0.250. The van der Waals surface area contributed by atoms with Gasteiger partial charge >= 0.3 is 11.7 Å². The lowest BCUT2D eigenvalue weighted by atomic mass is 10.1. The Kier molecular flexibility index (Phi) is 4.26. The average molecular weight is 358 g/mol. The van der Waals surface area contributed by atoms with Gasteiger partial charge in [0.15, 0.2) is 0 Å². The fourth-order valence-corrected chi connectivity index (χ4v) is 1.85. The van der Waals surface area contributed by atoms with Crippen molar-refractivity contribution in [1.29, 1.82) is 0 Å². The summed E-state index contributed by atoms with van der Waals surface area (Å²) in [7, 11) is 0. The number of rotatable bonds is 4. The molecule has 17 heavy (non-hydrogen) atoms. The van der Waals surface area contributed by atoms with Gasteiger partial charge in [-0.2, -0.15) is 0 Å². The second-order valence-electron chi connectivity index (χ2n) is 2.94. The first kappa shape index (κ1) is 13.7. The van der Waals surface area contributed by atoms with Gasteiger partial charge in [0.2, 0.25) is 0 Å². The zero-order valence-corrected chi connectivity index (χ0v) is 10.2. The Morgan fingerprint density at radius 3 is 2.65 bits per heavy atom. The van der Waals surface area contributed by atoms with Crippen LogP contribution < -0.4 is 0 Å². The number of carboxylic acids is 1. The smallest absolute Gasteiger partial charge is 0.309 e. The third-order valence-corrected chi connectivity index (χ3v) is 2.70. The summed E-state index contributed by atoms with van der Waals surface area (Å²) in [5, 5.41) is 19.2. The molecule has 1 N–H and O–H groups in total. The van der Waals surface area contributed by atoms with Gasteiger partial charge in [0.25, 0.3) is 6.43 Å². The molecule has 0 aliphatic rings. The van der Waals surface area contributed by atoms with Gasteiger partial charge in [-0.25, -0.2) is 8.78 Å². The number of nitrogens with zero attached hydrogens (tertiary/aromatic N) is 2. The number of aromatic nitrogens is 1. The number of nitro groups is 1. The van der Waals surface area contributed by atoms with Crippen molar-refractivity contribution in [2.75, 3.05) is 0 Å². The Bertz CT molecular complexity index is 481. The van der Waals surface area contributed by atoms with E-state index in [1.165, 1.54) is 22.6 Å². The maximum Gasteiger partial charge on any atom is 0.309 e. The molecule has 0 saturated carbocycles. The predicted molar refractivity (Wildman–Crippen MR) is 59.9 cm³/mol. The highest BCUT2D eigenvalue weighted by Crippen LogP contribution is 2.34. The maximum atomic E-state index is 12.7. The Morgan fingerprint density at radius 1 is 1.65 bits per heavy atom. The van der Waals surface area contributed by atoms with Gasteiger partial charge in [-0.15, -0.1) is 0 Å². The molecule has 0 saturated heterocycles. The van der Waals surface area contributed by atoms with Crippen LogP contribution in [0.2, 0.25) is 0 Å². The van der Waals surface area contributed by atoms with Gasteiger partial charge in [-0.1, -0.05) is 0 Å². The minimum atomic E-state index is -3.06. The molecule has 0 fully saturated rings. The summed E-state index contributed by atoms with van der Waals surface area (Å²) in [4.78, 5) is 23.7. The average Bonchev–Trinajstić information content (AvgIpc) is 2.18. The summed E-state index contributed by atoms with van der Waals surface area (Å²) >= 11 is 1.49. The second kappa shape index (κ2) is 5.29. The first-order valence-electron chi connectivity index (χ1n) is 4.16. The van der Waals surface area contributed by atoms with Crippen molar-refractivity contribution in [3.8, 4) is 0 Å². The van der Waals surface area contributed by atoms with Crippen molar-refractivity contribution in [3.63, 3.8) is 0 Å². The van der Waals surface area contributed by atoms with Crippen LogP contribution in [0.4, 0.5) is 14.5 Å². The molecule has 0 amide bonds. The van der Waals surface area contributed by atoms with Crippen molar-refractivity contribution in [2.45, 2.75) is 12.8 Å². The number of alkyl halides is 2. The fourth-order valence-electron chi connectivity index (χ4n) is 1.22. The van der Waals surface area contributed by atoms with Crippen molar-refractivity contribution >= 4 is 34.2 Å². The first-order valence-corrected chi connectivity index (χ1v) is 5.24. The highest BCUT2D eigenvalue weighted by Gasteiger charge is 2.30. The molecule has 1 rings (SSSR count). The van der Waals surface area contributed by atoms with Gasteiger partial charge in [0, 0.05) is 9.77 Å². The lowest BCUT2D eigenvalue weighted by molar-refractivity contribution is -0.387. The molecule has 0 bridgehead atoms. The number of aliphatic carboxylic acids is 1. The molecular formula is C8H5F2IN2O4. The molecule has 6 nitrogen and oxygen atoms in total. The summed E-state index contributed by atoms with van der Waals surface area (Å²) in [6.45, 7) is 0. The third kappa shape index (κ3) is 3.05. The van der Waals surface area contributed by atoms with E-state index in [-0.39, 0.29) is 3.57 Å². The predicted octanol–water partition coefficient (Wildman–Crippen LogP) is 2.16. The molecule has 0 aliphatic heterocycles. The zero-order chi connectivity index (χ0) is 13.2. The number of hydrogen-bond donors (Lipinski definition) is 1.